The smallest absolute Gasteiger partial charge is 0.264 e. The maximum atomic E-state index is 13.9. The molecule has 0 fully saturated rings. The fourth-order valence-electron chi connectivity index (χ4n) is 4.07. The molecule has 0 saturated carbocycles. The predicted octanol–water partition coefficient (Wildman–Crippen LogP) is 4.67. The van der Waals surface area contributed by atoms with Crippen molar-refractivity contribution >= 4 is 27.5 Å². The standard InChI is InChI=1S/C30H36FN3O5S/c1-6-22(3)32-30(36)23(4)33(19-24-9-7-8-21(2)18-24)29(35)20-34(26-12-10-25(31)11-13-26)40(37,38)28-16-14-27(39-5)15-17-28/h7-18,22-23H,6,19-20H2,1-5H3,(H,32,36)/t22-,23-/m1/s1. The van der Waals surface area contributed by atoms with Gasteiger partial charge < -0.3 is 15.0 Å². The van der Waals surface area contributed by atoms with Gasteiger partial charge in [0, 0.05) is 12.6 Å². The van der Waals surface area contributed by atoms with Crippen molar-refractivity contribution < 1.29 is 27.1 Å². The molecule has 8 nitrogen and oxygen atoms in total. The van der Waals surface area contributed by atoms with E-state index < -0.39 is 34.3 Å². The molecule has 0 spiro atoms. The van der Waals surface area contributed by atoms with Gasteiger partial charge >= 0.3 is 0 Å². The Balaban J connectivity index is 2.02. The molecule has 0 bridgehead atoms. The number of amides is 2. The van der Waals surface area contributed by atoms with Gasteiger partial charge in [0.2, 0.25) is 11.8 Å². The summed E-state index contributed by atoms with van der Waals surface area (Å²) >= 11 is 0. The minimum absolute atomic E-state index is 0.0711. The Bertz CT molecular complexity index is 1410. The number of rotatable bonds is 12. The predicted molar refractivity (Wildman–Crippen MR) is 153 cm³/mol. The molecule has 1 N–H and O–H groups in total. The van der Waals surface area contributed by atoms with E-state index in [2.05, 4.69) is 5.32 Å². The van der Waals surface area contributed by atoms with Crippen LogP contribution in [0.1, 0.15) is 38.3 Å². The summed E-state index contributed by atoms with van der Waals surface area (Å²) in [5.41, 5.74) is 1.89. The third-order valence-corrected chi connectivity index (χ3v) is 8.43. The van der Waals surface area contributed by atoms with Crippen LogP contribution in [-0.4, -0.2) is 50.9 Å². The van der Waals surface area contributed by atoms with Crippen LogP contribution in [0.2, 0.25) is 0 Å². The molecule has 10 heteroatoms. The number of ether oxygens (including phenoxy) is 1. The lowest BCUT2D eigenvalue weighted by molar-refractivity contribution is -0.139. The number of nitrogens with zero attached hydrogens (tertiary/aromatic N) is 2. The Morgan fingerprint density at radius 3 is 2.23 bits per heavy atom. The number of carbonyl (C=O) groups excluding carboxylic acids is 2. The van der Waals surface area contributed by atoms with Crippen LogP contribution < -0.4 is 14.4 Å². The van der Waals surface area contributed by atoms with Crippen molar-refractivity contribution in [2.45, 2.75) is 57.6 Å². The van der Waals surface area contributed by atoms with Crippen LogP contribution >= 0.6 is 0 Å². The van der Waals surface area contributed by atoms with E-state index >= 15 is 0 Å². The van der Waals surface area contributed by atoms with E-state index in [4.69, 9.17) is 4.74 Å². The van der Waals surface area contributed by atoms with E-state index in [-0.39, 0.29) is 29.1 Å². The minimum Gasteiger partial charge on any atom is -0.497 e. The first-order chi connectivity index (χ1) is 19.0. The molecule has 3 aromatic rings. The van der Waals surface area contributed by atoms with Crippen molar-refractivity contribution in [2.75, 3.05) is 18.0 Å². The molecule has 0 heterocycles. The highest BCUT2D eigenvalue weighted by Gasteiger charge is 2.33. The Kier molecular flexibility index (Phi) is 10.3. The fourth-order valence-corrected chi connectivity index (χ4v) is 5.48. The summed E-state index contributed by atoms with van der Waals surface area (Å²) in [5.74, 6) is -1.02. The lowest BCUT2D eigenvalue weighted by Gasteiger charge is -2.32. The number of nitrogens with one attached hydrogen (secondary N) is 1. The third-order valence-electron chi connectivity index (χ3n) is 6.64. The summed E-state index contributed by atoms with van der Waals surface area (Å²) in [6, 6.07) is 17.2. The van der Waals surface area contributed by atoms with Crippen molar-refractivity contribution in [1.29, 1.82) is 0 Å². The first-order valence-corrected chi connectivity index (χ1v) is 14.5. The number of halogens is 1. The maximum Gasteiger partial charge on any atom is 0.264 e. The van der Waals surface area contributed by atoms with E-state index in [1.807, 2.05) is 45.0 Å². The SMILES string of the molecule is CC[C@@H](C)NC(=O)[C@@H](C)N(Cc1cccc(C)c1)C(=O)CN(c1ccc(F)cc1)S(=O)(=O)c1ccc(OC)cc1. The summed E-state index contributed by atoms with van der Waals surface area (Å²) in [6.07, 6.45) is 0.711. The monoisotopic (exact) mass is 569 g/mol. The molecule has 0 saturated heterocycles. The Labute approximate surface area is 235 Å². The van der Waals surface area contributed by atoms with Crippen LogP contribution in [0.3, 0.4) is 0 Å². The number of sulfonamides is 1. The zero-order chi connectivity index (χ0) is 29.4. The summed E-state index contributed by atoms with van der Waals surface area (Å²) in [5, 5.41) is 2.90. The molecule has 0 aliphatic heterocycles. The lowest BCUT2D eigenvalue weighted by Crippen LogP contribution is -2.52. The minimum atomic E-state index is -4.26. The Hall–Kier alpha value is -3.92. The molecule has 3 rings (SSSR count). The molecule has 214 valence electrons. The van der Waals surface area contributed by atoms with Crippen LogP contribution in [0.4, 0.5) is 10.1 Å². The second-order valence-electron chi connectivity index (χ2n) is 9.67. The average molecular weight is 570 g/mol. The number of methoxy groups -OCH3 is 1. The molecule has 0 aliphatic carbocycles. The van der Waals surface area contributed by atoms with Crippen molar-refractivity contribution in [3.8, 4) is 5.75 Å². The first-order valence-electron chi connectivity index (χ1n) is 13.0. The van der Waals surface area contributed by atoms with Crippen molar-refractivity contribution in [2.24, 2.45) is 0 Å². The second-order valence-corrected chi connectivity index (χ2v) is 11.5. The summed E-state index contributed by atoms with van der Waals surface area (Å²) < 4.78 is 47.4. The summed E-state index contributed by atoms with van der Waals surface area (Å²) in [6.45, 7) is 6.84. The molecule has 0 unspecified atom stereocenters. The topological polar surface area (TPSA) is 96.0 Å². The van der Waals surface area contributed by atoms with Crippen molar-refractivity contribution in [1.82, 2.24) is 10.2 Å². The number of anilines is 1. The van der Waals surface area contributed by atoms with Gasteiger partial charge in [-0.05, 0) is 81.3 Å². The highest BCUT2D eigenvalue weighted by molar-refractivity contribution is 7.92. The molecule has 0 aromatic heterocycles. The van der Waals surface area contributed by atoms with Gasteiger partial charge in [0.05, 0.1) is 17.7 Å². The van der Waals surface area contributed by atoms with E-state index in [1.54, 1.807) is 6.92 Å². The molecule has 0 radical (unpaired) electrons. The van der Waals surface area contributed by atoms with Crippen molar-refractivity contribution in [3.63, 3.8) is 0 Å². The van der Waals surface area contributed by atoms with Crippen molar-refractivity contribution in [3.05, 3.63) is 89.7 Å². The number of benzene rings is 3. The van der Waals surface area contributed by atoms with Gasteiger partial charge in [-0.25, -0.2) is 12.8 Å². The molecular formula is C30H36FN3O5S. The van der Waals surface area contributed by atoms with Gasteiger partial charge in [-0.15, -0.1) is 0 Å². The average Bonchev–Trinajstić information content (AvgIpc) is 2.94. The van der Waals surface area contributed by atoms with Crippen LogP contribution in [0, 0.1) is 12.7 Å². The first kappa shape index (κ1) is 30.6. The molecule has 2 amide bonds. The maximum absolute atomic E-state index is 13.9. The van der Waals surface area contributed by atoms with Crippen LogP contribution in [0.25, 0.3) is 0 Å². The van der Waals surface area contributed by atoms with Crippen LogP contribution in [0.5, 0.6) is 5.75 Å². The molecule has 40 heavy (non-hydrogen) atoms. The van der Waals surface area contributed by atoms with Gasteiger partial charge in [0.25, 0.3) is 10.0 Å². The Morgan fingerprint density at radius 2 is 1.65 bits per heavy atom. The molecule has 3 aromatic carbocycles. The number of carbonyl (C=O) groups is 2. The summed E-state index contributed by atoms with van der Waals surface area (Å²) in [7, 11) is -2.80. The van der Waals surface area contributed by atoms with Crippen LogP contribution in [-0.2, 0) is 26.2 Å². The largest absolute Gasteiger partial charge is 0.497 e. The molecule has 0 aliphatic rings. The number of hydrogen-bond acceptors (Lipinski definition) is 5. The third kappa shape index (κ3) is 7.59. The lowest BCUT2D eigenvalue weighted by atomic mass is 10.1. The van der Waals surface area contributed by atoms with Gasteiger partial charge in [0.15, 0.2) is 0 Å². The summed E-state index contributed by atoms with van der Waals surface area (Å²) in [4.78, 5) is 28.3. The highest BCUT2D eigenvalue weighted by Crippen LogP contribution is 2.26. The fraction of sp³-hybridized carbons (Fsp3) is 0.333. The normalized spacial score (nSPS) is 12.8. The zero-order valence-electron chi connectivity index (χ0n) is 23.4. The van der Waals surface area contributed by atoms with Gasteiger partial charge in [0.1, 0.15) is 24.2 Å². The second kappa shape index (κ2) is 13.4. The quantitative estimate of drug-likeness (QED) is 0.342. The zero-order valence-corrected chi connectivity index (χ0v) is 24.2. The van der Waals surface area contributed by atoms with Gasteiger partial charge in [-0.3, -0.25) is 13.9 Å². The molecular weight excluding hydrogens is 533 g/mol. The van der Waals surface area contributed by atoms with Crippen LogP contribution in [0.15, 0.2) is 77.7 Å². The molecule has 2 atom stereocenters. The van der Waals surface area contributed by atoms with E-state index in [9.17, 15) is 22.4 Å². The highest BCUT2D eigenvalue weighted by atomic mass is 32.2. The number of aryl methyl sites for hydroxylation is 1. The van der Waals surface area contributed by atoms with E-state index in [0.717, 1.165) is 27.6 Å². The Morgan fingerprint density at radius 1 is 1.00 bits per heavy atom. The van der Waals surface area contributed by atoms with E-state index in [1.165, 1.54) is 48.4 Å². The number of hydrogen-bond donors (Lipinski definition) is 1. The van der Waals surface area contributed by atoms with E-state index in [0.29, 0.717) is 12.2 Å². The van der Waals surface area contributed by atoms with Gasteiger partial charge in [-0.1, -0.05) is 36.8 Å². The van der Waals surface area contributed by atoms with Gasteiger partial charge in [-0.2, -0.15) is 0 Å².